The second-order valence-corrected chi connectivity index (χ2v) is 20.0. The number of carbonyl (C=O) groups is 2. The van der Waals surface area contributed by atoms with Crippen molar-refractivity contribution in [3.8, 4) is 0 Å². The van der Waals surface area contributed by atoms with E-state index in [4.69, 9.17) is 4.74 Å². The predicted octanol–water partition coefficient (Wildman–Crippen LogP) is 18.5. The van der Waals surface area contributed by atoms with Crippen molar-refractivity contribution in [3.05, 3.63) is 72.9 Å². The van der Waals surface area contributed by atoms with Gasteiger partial charge in [-0.3, -0.25) is 9.59 Å². The molecular formula is C63H113NO5. The van der Waals surface area contributed by atoms with Gasteiger partial charge >= 0.3 is 5.97 Å². The van der Waals surface area contributed by atoms with Crippen molar-refractivity contribution < 1.29 is 24.5 Å². The van der Waals surface area contributed by atoms with Gasteiger partial charge in [0.15, 0.2) is 0 Å². The number of hydrogen-bond donors (Lipinski definition) is 3. The van der Waals surface area contributed by atoms with Crippen molar-refractivity contribution in [3.63, 3.8) is 0 Å². The molecule has 0 saturated heterocycles. The Balaban J connectivity index is 4.64. The molecular weight excluding hydrogens is 851 g/mol. The lowest BCUT2D eigenvalue weighted by molar-refractivity contribution is -0.151. The molecule has 1 amide bonds. The van der Waals surface area contributed by atoms with Gasteiger partial charge in [-0.1, -0.05) is 261 Å². The maximum atomic E-state index is 13.3. The zero-order valence-corrected chi connectivity index (χ0v) is 45.7. The standard InChI is InChI=1S/C63H113NO5/c1-4-7-10-13-16-19-22-25-28-31-33-36-39-42-45-48-51-54-59(69-63(68)56-53-50-47-44-41-38-35-32-29-26-23-20-17-14-11-8-5-2)57-62(67)64-60(58-65)61(66)55-52-49-46-43-40-37-34-30-27-24-21-18-15-12-9-6-3/h8,11,17,20,25-26,28-29,35,38,44,47,59-61,65-66H,4-7,9-10,12-16,18-19,21-24,27,30-34,36-37,39-43,45-46,48-58H2,1-3H3,(H,64,67)/b11-8-,20-17-,28-25+,29-26-,38-35-,47-44-. The molecule has 0 aliphatic carbocycles. The van der Waals surface area contributed by atoms with Gasteiger partial charge in [-0.25, -0.2) is 0 Å². The van der Waals surface area contributed by atoms with E-state index in [1.54, 1.807) is 0 Å². The largest absolute Gasteiger partial charge is 0.462 e. The Morgan fingerprint density at radius 1 is 0.435 bits per heavy atom. The van der Waals surface area contributed by atoms with E-state index in [0.717, 1.165) is 77.0 Å². The highest BCUT2D eigenvalue weighted by molar-refractivity contribution is 5.77. The maximum absolute atomic E-state index is 13.3. The van der Waals surface area contributed by atoms with Gasteiger partial charge in [-0.15, -0.1) is 0 Å². The van der Waals surface area contributed by atoms with Gasteiger partial charge < -0.3 is 20.3 Å². The first kappa shape index (κ1) is 66.3. The van der Waals surface area contributed by atoms with Crippen LogP contribution in [0.4, 0.5) is 0 Å². The van der Waals surface area contributed by atoms with E-state index in [-0.39, 0.29) is 24.9 Å². The zero-order chi connectivity index (χ0) is 50.2. The molecule has 0 aromatic rings. The average molecular weight is 965 g/mol. The molecule has 0 aliphatic heterocycles. The number of allylic oxidation sites excluding steroid dienone is 12. The number of nitrogens with one attached hydrogen (secondary N) is 1. The van der Waals surface area contributed by atoms with Gasteiger partial charge in [0.25, 0.3) is 0 Å². The SMILES string of the molecule is CC/C=C\C/C=C\C/C=C\C/C=C\C/C=C\CCCC(=O)OC(CCCCCCCCC/C=C/CCCCCCCC)CC(=O)NC(CO)C(O)CCCCCCCCCCCCCCCCCC. The summed E-state index contributed by atoms with van der Waals surface area (Å²) < 4.78 is 5.94. The predicted molar refractivity (Wildman–Crippen MR) is 301 cm³/mol. The van der Waals surface area contributed by atoms with Gasteiger partial charge in [-0.05, 0) is 89.9 Å². The van der Waals surface area contributed by atoms with Crippen LogP contribution in [-0.2, 0) is 14.3 Å². The molecule has 0 aliphatic rings. The normalized spacial score (nSPS) is 13.6. The van der Waals surface area contributed by atoms with E-state index in [9.17, 15) is 19.8 Å². The lowest BCUT2D eigenvalue weighted by Crippen LogP contribution is -2.46. The number of aliphatic hydroxyl groups excluding tert-OH is 2. The third kappa shape index (κ3) is 51.5. The monoisotopic (exact) mass is 964 g/mol. The number of unbranched alkanes of at least 4 members (excludes halogenated alkanes) is 29. The van der Waals surface area contributed by atoms with Crippen LogP contribution in [0.3, 0.4) is 0 Å². The van der Waals surface area contributed by atoms with Crippen LogP contribution in [0.15, 0.2) is 72.9 Å². The fraction of sp³-hybridized carbons (Fsp3) is 0.778. The number of hydrogen-bond acceptors (Lipinski definition) is 5. The third-order valence-electron chi connectivity index (χ3n) is 13.3. The summed E-state index contributed by atoms with van der Waals surface area (Å²) in [5, 5.41) is 23.9. The molecule has 0 rings (SSSR count). The van der Waals surface area contributed by atoms with E-state index >= 15 is 0 Å². The Hall–Kier alpha value is -2.70. The summed E-state index contributed by atoms with van der Waals surface area (Å²) in [6, 6.07) is -0.718. The first-order valence-corrected chi connectivity index (χ1v) is 29.7. The van der Waals surface area contributed by atoms with Crippen LogP contribution in [0, 0.1) is 0 Å². The highest BCUT2D eigenvalue weighted by atomic mass is 16.5. The number of carbonyl (C=O) groups excluding carboxylic acids is 2. The molecule has 0 radical (unpaired) electrons. The molecule has 0 bridgehead atoms. The Morgan fingerprint density at radius 2 is 0.783 bits per heavy atom. The molecule has 3 unspecified atom stereocenters. The fourth-order valence-corrected chi connectivity index (χ4v) is 8.82. The Kier molecular flexibility index (Phi) is 54.0. The van der Waals surface area contributed by atoms with Crippen LogP contribution in [0.5, 0.6) is 0 Å². The van der Waals surface area contributed by atoms with Crippen LogP contribution in [-0.4, -0.2) is 46.9 Å². The first-order chi connectivity index (χ1) is 34.0. The van der Waals surface area contributed by atoms with E-state index in [1.807, 2.05) is 0 Å². The van der Waals surface area contributed by atoms with Gasteiger partial charge in [0, 0.05) is 6.42 Å². The smallest absolute Gasteiger partial charge is 0.306 e. The van der Waals surface area contributed by atoms with E-state index in [0.29, 0.717) is 25.7 Å². The minimum Gasteiger partial charge on any atom is -0.462 e. The number of esters is 1. The number of amides is 1. The third-order valence-corrected chi connectivity index (χ3v) is 13.3. The lowest BCUT2D eigenvalue weighted by Gasteiger charge is -2.24. The topological polar surface area (TPSA) is 95.9 Å². The summed E-state index contributed by atoms with van der Waals surface area (Å²) in [6.07, 6.45) is 72.6. The minimum absolute atomic E-state index is 0.0507. The van der Waals surface area contributed by atoms with Crippen molar-refractivity contribution in [2.45, 2.75) is 309 Å². The summed E-state index contributed by atoms with van der Waals surface area (Å²) in [7, 11) is 0. The zero-order valence-electron chi connectivity index (χ0n) is 45.7. The van der Waals surface area contributed by atoms with Crippen molar-refractivity contribution in [2.24, 2.45) is 0 Å². The molecule has 0 heterocycles. The van der Waals surface area contributed by atoms with Gasteiger partial charge in [-0.2, -0.15) is 0 Å². The lowest BCUT2D eigenvalue weighted by atomic mass is 10.0. The molecule has 0 aromatic heterocycles. The summed E-state index contributed by atoms with van der Waals surface area (Å²) in [5.41, 5.74) is 0. The molecule has 0 spiro atoms. The van der Waals surface area contributed by atoms with Crippen molar-refractivity contribution in [1.29, 1.82) is 0 Å². The maximum Gasteiger partial charge on any atom is 0.306 e. The number of aliphatic hydroxyl groups is 2. The van der Waals surface area contributed by atoms with Crippen LogP contribution >= 0.6 is 0 Å². The van der Waals surface area contributed by atoms with Crippen molar-refractivity contribution >= 4 is 11.9 Å². The highest BCUT2D eigenvalue weighted by Crippen LogP contribution is 2.18. The quantitative estimate of drug-likeness (QED) is 0.0321. The van der Waals surface area contributed by atoms with Gasteiger partial charge in [0.2, 0.25) is 5.91 Å². The van der Waals surface area contributed by atoms with Crippen molar-refractivity contribution in [1.82, 2.24) is 5.32 Å². The summed E-state index contributed by atoms with van der Waals surface area (Å²) >= 11 is 0. The Morgan fingerprint density at radius 3 is 1.20 bits per heavy atom. The molecule has 0 fully saturated rings. The van der Waals surface area contributed by atoms with Crippen molar-refractivity contribution in [2.75, 3.05) is 6.61 Å². The van der Waals surface area contributed by atoms with E-state index < -0.39 is 18.2 Å². The van der Waals surface area contributed by atoms with Crippen LogP contribution in [0.2, 0.25) is 0 Å². The van der Waals surface area contributed by atoms with Crippen LogP contribution in [0.25, 0.3) is 0 Å². The Labute approximate surface area is 428 Å². The number of ether oxygens (including phenoxy) is 1. The average Bonchev–Trinajstić information content (AvgIpc) is 3.34. The van der Waals surface area contributed by atoms with Gasteiger partial charge in [0.05, 0.1) is 25.2 Å². The molecule has 400 valence electrons. The van der Waals surface area contributed by atoms with E-state index in [2.05, 4.69) is 99.0 Å². The van der Waals surface area contributed by atoms with Crippen LogP contribution < -0.4 is 5.32 Å². The molecule has 6 heteroatoms. The van der Waals surface area contributed by atoms with E-state index in [1.165, 1.54) is 161 Å². The highest BCUT2D eigenvalue weighted by Gasteiger charge is 2.24. The minimum atomic E-state index is -0.802. The molecule has 0 saturated carbocycles. The fourth-order valence-electron chi connectivity index (χ4n) is 8.82. The molecule has 3 N–H and O–H groups in total. The molecule has 6 nitrogen and oxygen atoms in total. The second kappa shape index (κ2) is 56.2. The summed E-state index contributed by atoms with van der Waals surface area (Å²) in [4.78, 5) is 26.3. The van der Waals surface area contributed by atoms with Crippen LogP contribution in [0.1, 0.15) is 290 Å². The number of rotatable bonds is 53. The summed E-state index contributed by atoms with van der Waals surface area (Å²) in [6.45, 7) is 6.38. The van der Waals surface area contributed by atoms with Gasteiger partial charge in [0.1, 0.15) is 6.10 Å². The second-order valence-electron chi connectivity index (χ2n) is 20.0. The molecule has 0 aromatic carbocycles. The molecule has 69 heavy (non-hydrogen) atoms. The first-order valence-electron chi connectivity index (χ1n) is 29.7. The Bertz CT molecular complexity index is 1270. The summed E-state index contributed by atoms with van der Waals surface area (Å²) in [5.74, 6) is -0.541. The molecule has 3 atom stereocenters.